The first-order valence-electron chi connectivity index (χ1n) is 6.50. The van der Waals surface area contributed by atoms with Crippen molar-refractivity contribution in [2.75, 3.05) is 7.11 Å². The zero-order chi connectivity index (χ0) is 15.9. The van der Waals surface area contributed by atoms with Gasteiger partial charge in [-0.1, -0.05) is 30.3 Å². The van der Waals surface area contributed by atoms with E-state index in [1.165, 1.54) is 7.11 Å². The first kappa shape index (κ1) is 16.8. The van der Waals surface area contributed by atoms with Gasteiger partial charge in [0, 0.05) is 25.5 Å². The molecular formula is C15H18O6. The van der Waals surface area contributed by atoms with Gasteiger partial charge < -0.3 is 14.9 Å². The molecule has 0 saturated heterocycles. The van der Waals surface area contributed by atoms with E-state index in [1.54, 1.807) is 30.3 Å². The van der Waals surface area contributed by atoms with Crippen LogP contribution in [0.15, 0.2) is 30.3 Å². The fourth-order valence-electron chi connectivity index (χ4n) is 2.12. The Bertz CT molecular complexity index is 490. The Kier molecular flexibility index (Phi) is 6.05. The van der Waals surface area contributed by atoms with Crippen molar-refractivity contribution in [3.63, 3.8) is 0 Å². The van der Waals surface area contributed by atoms with Crippen LogP contribution in [-0.2, 0) is 14.3 Å². The van der Waals surface area contributed by atoms with Gasteiger partial charge in [0.1, 0.15) is 5.60 Å². The molecule has 114 valence electrons. The number of hydrogen-bond acceptors (Lipinski definition) is 4. The predicted molar refractivity (Wildman–Crippen MR) is 74.3 cm³/mol. The zero-order valence-electron chi connectivity index (χ0n) is 11.7. The number of methoxy groups -OCH3 is 1. The van der Waals surface area contributed by atoms with Crippen LogP contribution in [0.1, 0.15) is 36.0 Å². The van der Waals surface area contributed by atoms with E-state index in [9.17, 15) is 14.4 Å². The van der Waals surface area contributed by atoms with Crippen LogP contribution in [0.2, 0.25) is 0 Å². The van der Waals surface area contributed by atoms with Crippen molar-refractivity contribution >= 4 is 17.7 Å². The van der Waals surface area contributed by atoms with Gasteiger partial charge in [-0.3, -0.25) is 14.4 Å². The van der Waals surface area contributed by atoms with Crippen molar-refractivity contribution in [1.29, 1.82) is 0 Å². The third-order valence-electron chi connectivity index (χ3n) is 3.33. The lowest BCUT2D eigenvalue weighted by molar-refractivity contribution is -0.139. The molecule has 6 nitrogen and oxygen atoms in total. The summed E-state index contributed by atoms with van der Waals surface area (Å²) >= 11 is 0. The molecule has 0 radical (unpaired) electrons. The minimum Gasteiger partial charge on any atom is -0.481 e. The monoisotopic (exact) mass is 294 g/mol. The highest BCUT2D eigenvalue weighted by molar-refractivity contribution is 6.02. The number of carboxylic acids is 2. The van der Waals surface area contributed by atoms with E-state index in [2.05, 4.69) is 0 Å². The van der Waals surface area contributed by atoms with Crippen LogP contribution in [0.3, 0.4) is 0 Å². The van der Waals surface area contributed by atoms with Crippen molar-refractivity contribution in [3.05, 3.63) is 35.9 Å². The lowest BCUT2D eigenvalue weighted by atomic mass is 9.84. The second kappa shape index (κ2) is 7.54. The van der Waals surface area contributed by atoms with E-state index in [0.717, 1.165) is 0 Å². The molecule has 1 rings (SSSR count). The lowest BCUT2D eigenvalue weighted by Gasteiger charge is -2.30. The van der Waals surface area contributed by atoms with Crippen LogP contribution in [-0.4, -0.2) is 40.6 Å². The molecule has 0 unspecified atom stereocenters. The van der Waals surface area contributed by atoms with Gasteiger partial charge in [0.15, 0.2) is 5.78 Å². The summed E-state index contributed by atoms with van der Waals surface area (Å²) < 4.78 is 5.28. The second-order valence-electron chi connectivity index (χ2n) is 4.68. The summed E-state index contributed by atoms with van der Waals surface area (Å²) in [4.78, 5) is 34.2. The first-order chi connectivity index (χ1) is 9.91. The maximum absolute atomic E-state index is 12.6. The molecule has 0 aromatic heterocycles. The minimum atomic E-state index is -1.43. The minimum absolute atomic E-state index is 0.0696. The maximum Gasteiger partial charge on any atom is 0.303 e. The van der Waals surface area contributed by atoms with Crippen LogP contribution in [0, 0.1) is 0 Å². The van der Waals surface area contributed by atoms with E-state index < -0.39 is 23.3 Å². The highest BCUT2D eigenvalue weighted by atomic mass is 16.5. The van der Waals surface area contributed by atoms with Crippen molar-refractivity contribution in [2.24, 2.45) is 0 Å². The number of benzene rings is 1. The second-order valence-corrected chi connectivity index (χ2v) is 4.68. The molecule has 1 aromatic rings. The summed E-state index contributed by atoms with van der Waals surface area (Å²) in [6.07, 6.45) is -0.683. The molecule has 6 heteroatoms. The molecule has 1 aromatic carbocycles. The van der Waals surface area contributed by atoms with E-state index in [-0.39, 0.29) is 25.7 Å². The fraction of sp³-hybridized carbons (Fsp3) is 0.400. The molecule has 0 heterocycles. The highest BCUT2D eigenvalue weighted by Crippen LogP contribution is 2.28. The fourth-order valence-corrected chi connectivity index (χ4v) is 2.12. The predicted octanol–water partition coefficient (Wildman–Crippen LogP) is 1.98. The number of ether oxygens (including phenoxy) is 1. The van der Waals surface area contributed by atoms with Crippen molar-refractivity contribution in [3.8, 4) is 0 Å². The molecule has 0 aliphatic rings. The summed E-state index contributed by atoms with van der Waals surface area (Å²) in [6, 6.07) is 8.30. The van der Waals surface area contributed by atoms with E-state index >= 15 is 0 Å². The van der Waals surface area contributed by atoms with Crippen LogP contribution >= 0.6 is 0 Å². The lowest BCUT2D eigenvalue weighted by Crippen LogP contribution is -2.42. The van der Waals surface area contributed by atoms with Crippen LogP contribution in [0.25, 0.3) is 0 Å². The highest BCUT2D eigenvalue weighted by Gasteiger charge is 2.39. The number of ketones is 1. The number of carboxylic acid groups (broad SMARTS) is 2. The van der Waals surface area contributed by atoms with E-state index in [1.807, 2.05) is 0 Å². The van der Waals surface area contributed by atoms with Gasteiger partial charge in [0.2, 0.25) is 0 Å². The van der Waals surface area contributed by atoms with Gasteiger partial charge in [-0.15, -0.1) is 0 Å². The molecule has 0 bridgehead atoms. The summed E-state index contributed by atoms with van der Waals surface area (Å²) in [5, 5.41) is 17.6. The number of Topliss-reactive ketones (excluding diaryl/α,β-unsaturated/α-hetero) is 1. The van der Waals surface area contributed by atoms with Crippen molar-refractivity contribution in [2.45, 2.75) is 31.3 Å². The summed E-state index contributed by atoms with van der Waals surface area (Å²) in [5.41, 5.74) is -1.06. The molecule has 0 aliphatic carbocycles. The Labute approximate surface area is 122 Å². The van der Waals surface area contributed by atoms with Gasteiger partial charge in [-0.05, 0) is 12.8 Å². The number of rotatable bonds is 9. The normalized spacial score (nSPS) is 11.1. The molecule has 0 spiro atoms. The van der Waals surface area contributed by atoms with Crippen LogP contribution in [0.5, 0.6) is 0 Å². The Balaban J connectivity index is 3.05. The summed E-state index contributed by atoms with van der Waals surface area (Å²) in [5.74, 6) is -2.52. The van der Waals surface area contributed by atoms with Gasteiger partial charge in [0.25, 0.3) is 0 Å². The SMILES string of the molecule is COC(CCC(=O)O)(CCC(=O)O)C(=O)c1ccccc1. The maximum atomic E-state index is 12.6. The quantitative estimate of drug-likeness (QED) is 0.675. The zero-order valence-corrected chi connectivity index (χ0v) is 11.7. The van der Waals surface area contributed by atoms with Gasteiger partial charge in [-0.25, -0.2) is 0 Å². The van der Waals surface area contributed by atoms with Gasteiger partial charge in [0.05, 0.1) is 0 Å². The molecule has 0 amide bonds. The summed E-state index contributed by atoms with van der Waals surface area (Å²) in [6.45, 7) is 0. The van der Waals surface area contributed by atoms with Crippen molar-refractivity contribution < 1.29 is 29.3 Å². The number of carbonyl (C=O) groups excluding carboxylic acids is 1. The largest absolute Gasteiger partial charge is 0.481 e. The van der Waals surface area contributed by atoms with Crippen LogP contribution in [0.4, 0.5) is 0 Å². The Morgan fingerprint density at radius 1 is 1.00 bits per heavy atom. The number of aliphatic carboxylic acids is 2. The van der Waals surface area contributed by atoms with E-state index in [0.29, 0.717) is 5.56 Å². The number of hydrogen-bond donors (Lipinski definition) is 2. The smallest absolute Gasteiger partial charge is 0.303 e. The number of carbonyl (C=O) groups is 3. The summed E-state index contributed by atoms with van der Waals surface area (Å²) in [7, 11) is 1.30. The Morgan fingerprint density at radius 3 is 1.86 bits per heavy atom. The van der Waals surface area contributed by atoms with Crippen molar-refractivity contribution in [1.82, 2.24) is 0 Å². The molecule has 2 N–H and O–H groups in total. The third kappa shape index (κ3) is 4.68. The van der Waals surface area contributed by atoms with E-state index in [4.69, 9.17) is 14.9 Å². The van der Waals surface area contributed by atoms with Crippen LogP contribution < -0.4 is 0 Å². The van der Waals surface area contributed by atoms with Gasteiger partial charge >= 0.3 is 11.9 Å². The molecule has 0 saturated carbocycles. The average molecular weight is 294 g/mol. The molecular weight excluding hydrogens is 276 g/mol. The Morgan fingerprint density at radius 2 is 1.48 bits per heavy atom. The standard InChI is InChI=1S/C15H18O6/c1-21-15(9-7-12(16)17,10-8-13(18)19)14(20)11-5-3-2-4-6-11/h2-6H,7-10H2,1H3,(H,16,17)(H,18,19). The first-order valence-corrected chi connectivity index (χ1v) is 6.50. The molecule has 21 heavy (non-hydrogen) atoms. The average Bonchev–Trinajstić information content (AvgIpc) is 2.48. The Hall–Kier alpha value is -2.21. The third-order valence-corrected chi connectivity index (χ3v) is 3.33. The molecule has 0 fully saturated rings. The topological polar surface area (TPSA) is 101 Å². The molecule has 0 atom stereocenters. The van der Waals surface area contributed by atoms with Gasteiger partial charge in [-0.2, -0.15) is 0 Å². The molecule has 0 aliphatic heterocycles.